The van der Waals surface area contributed by atoms with E-state index in [0.29, 0.717) is 5.88 Å². The van der Waals surface area contributed by atoms with E-state index in [-0.39, 0.29) is 0 Å². The van der Waals surface area contributed by atoms with Gasteiger partial charge in [0.25, 0.3) is 0 Å². The van der Waals surface area contributed by atoms with Crippen LogP contribution in [0.5, 0.6) is 0 Å². The molecule has 0 bridgehead atoms. The third kappa shape index (κ3) is 1.72. The first-order chi connectivity index (χ1) is 4.33. The van der Waals surface area contributed by atoms with Crippen molar-refractivity contribution in [2.45, 2.75) is 12.8 Å². The Kier molecular flexibility index (Phi) is 2.12. The maximum atomic E-state index is 5.58. The predicted octanol–water partition coefficient (Wildman–Crippen LogP) is 2.73. The van der Waals surface area contributed by atoms with Crippen LogP contribution in [0.15, 0.2) is 24.3 Å². The van der Waals surface area contributed by atoms with Gasteiger partial charge < -0.3 is 0 Å². The SMILES string of the molecule is Cc1ccc([13CH2]Cl)cc1. The molecule has 0 saturated carbocycles. The van der Waals surface area contributed by atoms with Gasteiger partial charge in [0.1, 0.15) is 0 Å². The van der Waals surface area contributed by atoms with Gasteiger partial charge in [-0.3, -0.25) is 0 Å². The van der Waals surface area contributed by atoms with E-state index in [9.17, 15) is 0 Å². The predicted molar refractivity (Wildman–Crippen MR) is 40.7 cm³/mol. The maximum Gasteiger partial charge on any atom is 0.0474 e. The van der Waals surface area contributed by atoms with Crippen LogP contribution in [0.4, 0.5) is 0 Å². The third-order valence-electron chi connectivity index (χ3n) is 1.27. The minimum Gasteiger partial charge on any atom is -0.122 e. The van der Waals surface area contributed by atoms with Crippen molar-refractivity contribution in [1.82, 2.24) is 0 Å². The molecule has 1 rings (SSSR count). The fourth-order valence-electron chi connectivity index (χ4n) is 0.677. The molecular weight excluding hydrogens is 133 g/mol. The molecule has 0 aliphatic carbocycles. The third-order valence-corrected chi connectivity index (χ3v) is 1.58. The van der Waals surface area contributed by atoms with E-state index < -0.39 is 0 Å². The molecule has 0 unspecified atom stereocenters. The summed E-state index contributed by atoms with van der Waals surface area (Å²) >= 11 is 5.58. The van der Waals surface area contributed by atoms with Crippen LogP contribution in [0.2, 0.25) is 0 Å². The number of rotatable bonds is 1. The van der Waals surface area contributed by atoms with Gasteiger partial charge in [-0.25, -0.2) is 0 Å². The molecule has 1 heteroatoms. The van der Waals surface area contributed by atoms with Gasteiger partial charge in [0.05, 0.1) is 0 Å². The summed E-state index contributed by atoms with van der Waals surface area (Å²) in [7, 11) is 0. The van der Waals surface area contributed by atoms with Crippen LogP contribution in [0.1, 0.15) is 11.1 Å². The summed E-state index contributed by atoms with van der Waals surface area (Å²) in [5.41, 5.74) is 2.46. The second-order valence-electron chi connectivity index (χ2n) is 2.12. The van der Waals surface area contributed by atoms with Crippen LogP contribution in [-0.4, -0.2) is 0 Å². The Hall–Kier alpha value is -0.490. The van der Waals surface area contributed by atoms with Crippen molar-refractivity contribution in [3.63, 3.8) is 0 Å². The Morgan fingerprint density at radius 1 is 1.22 bits per heavy atom. The summed E-state index contributed by atoms with van der Waals surface area (Å²) in [5, 5.41) is 0. The molecule has 0 aliphatic rings. The monoisotopic (exact) mass is 141 g/mol. The molecule has 0 atom stereocenters. The van der Waals surface area contributed by atoms with Crippen molar-refractivity contribution in [3.05, 3.63) is 35.4 Å². The lowest BCUT2D eigenvalue weighted by Crippen LogP contribution is -1.75. The highest BCUT2D eigenvalue weighted by atomic mass is 35.5. The average molecular weight is 142 g/mol. The topological polar surface area (TPSA) is 0 Å². The van der Waals surface area contributed by atoms with E-state index >= 15 is 0 Å². The van der Waals surface area contributed by atoms with Gasteiger partial charge in [-0.05, 0) is 12.5 Å². The van der Waals surface area contributed by atoms with Crippen LogP contribution < -0.4 is 0 Å². The van der Waals surface area contributed by atoms with E-state index in [1.165, 1.54) is 11.1 Å². The maximum absolute atomic E-state index is 5.58. The first kappa shape index (κ1) is 6.63. The Balaban J connectivity index is 2.88. The van der Waals surface area contributed by atoms with Crippen molar-refractivity contribution in [1.29, 1.82) is 0 Å². The molecule has 0 heterocycles. The van der Waals surface area contributed by atoms with E-state index in [1.807, 2.05) is 12.1 Å². The van der Waals surface area contributed by atoms with Gasteiger partial charge in [-0.2, -0.15) is 0 Å². The fourth-order valence-corrected chi connectivity index (χ4v) is 0.855. The summed E-state index contributed by atoms with van der Waals surface area (Å²) < 4.78 is 0. The molecule has 48 valence electrons. The molecule has 0 radical (unpaired) electrons. The normalized spacial score (nSPS) is 9.56. The van der Waals surface area contributed by atoms with Gasteiger partial charge >= 0.3 is 0 Å². The molecule has 0 nitrogen and oxygen atoms in total. The second-order valence-corrected chi connectivity index (χ2v) is 2.39. The lowest BCUT2D eigenvalue weighted by Gasteiger charge is -1.93. The fraction of sp³-hybridized carbons (Fsp3) is 0.250. The van der Waals surface area contributed by atoms with Crippen LogP contribution >= 0.6 is 11.6 Å². The Morgan fingerprint density at radius 2 is 1.78 bits per heavy atom. The van der Waals surface area contributed by atoms with Crippen molar-refractivity contribution >= 4 is 11.6 Å². The molecule has 1 aromatic carbocycles. The molecule has 0 fully saturated rings. The van der Waals surface area contributed by atoms with Crippen molar-refractivity contribution in [2.75, 3.05) is 0 Å². The minimum absolute atomic E-state index is 0.611. The number of alkyl halides is 1. The van der Waals surface area contributed by atoms with E-state index in [4.69, 9.17) is 11.6 Å². The quantitative estimate of drug-likeness (QED) is 0.417. The smallest absolute Gasteiger partial charge is 0.0474 e. The molecule has 9 heavy (non-hydrogen) atoms. The molecule has 0 N–H and O–H groups in total. The van der Waals surface area contributed by atoms with Gasteiger partial charge in [-0.15, -0.1) is 11.6 Å². The highest BCUT2D eigenvalue weighted by Gasteiger charge is 1.86. The molecule has 0 saturated heterocycles. The Labute approximate surface area is 60.5 Å². The van der Waals surface area contributed by atoms with Crippen LogP contribution in [0.25, 0.3) is 0 Å². The lowest BCUT2D eigenvalue weighted by molar-refractivity contribution is 1.36. The number of hydrogen-bond acceptors (Lipinski definition) is 0. The highest BCUT2D eigenvalue weighted by Crippen LogP contribution is 2.04. The van der Waals surface area contributed by atoms with Crippen LogP contribution in [0, 0.1) is 6.92 Å². The van der Waals surface area contributed by atoms with E-state index in [2.05, 4.69) is 19.1 Å². The molecule has 1 aromatic rings. The molecule has 0 spiro atoms. The highest BCUT2D eigenvalue weighted by molar-refractivity contribution is 6.17. The Bertz CT molecular complexity index is 176. The summed E-state index contributed by atoms with van der Waals surface area (Å²) in [6.45, 7) is 2.07. The zero-order valence-electron chi connectivity index (χ0n) is 5.39. The van der Waals surface area contributed by atoms with E-state index in [0.717, 1.165) is 0 Å². The lowest BCUT2D eigenvalue weighted by atomic mass is 10.2. The van der Waals surface area contributed by atoms with Gasteiger partial charge in [-0.1, -0.05) is 29.8 Å². The summed E-state index contributed by atoms with van der Waals surface area (Å²) in [5.74, 6) is 0.611. The summed E-state index contributed by atoms with van der Waals surface area (Å²) in [4.78, 5) is 0. The summed E-state index contributed by atoms with van der Waals surface area (Å²) in [6, 6.07) is 8.22. The minimum atomic E-state index is 0.611. The zero-order chi connectivity index (χ0) is 6.69. The number of aryl methyl sites for hydroxylation is 1. The van der Waals surface area contributed by atoms with Crippen molar-refractivity contribution in [3.8, 4) is 0 Å². The molecule has 0 amide bonds. The molecule has 0 aliphatic heterocycles. The van der Waals surface area contributed by atoms with Gasteiger partial charge in [0.15, 0.2) is 0 Å². The van der Waals surface area contributed by atoms with Gasteiger partial charge in [0, 0.05) is 5.88 Å². The molecular formula is C8H9Cl. The number of halogens is 1. The summed E-state index contributed by atoms with van der Waals surface area (Å²) in [6.07, 6.45) is 0. The van der Waals surface area contributed by atoms with Crippen LogP contribution in [-0.2, 0) is 5.88 Å². The molecule has 0 aromatic heterocycles. The zero-order valence-corrected chi connectivity index (χ0v) is 6.15. The number of hydrogen-bond donors (Lipinski definition) is 0. The first-order valence-corrected chi connectivity index (χ1v) is 3.48. The van der Waals surface area contributed by atoms with Crippen molar-refractivity contribution in [2.24, 2.45) is 0 Å². The van der Waals surface area contributed by atoms with Gasteiger partial charge in [0.2, 0.25) is 0 Å². The average Bonchev–Trinajstić information content (AvgIpc) is 1.90. The first-order valence-electron chi connectivity index (χ1n) is 2.94. The number of benzene rings is 1. The van der Waals surface area contributed by atoms with E-state index in [1.54, 1.807) is 0 Å². The standard InChI is InChI=1S/C8H9Cl/c1-7-2-4-8(6-9)5-3-7/h2-5H,6H2,1H3/i6+1. The van der Waals surface area contributed by atoms with Crippen molar-refractivity contribution < 1.29 is 0 Å². The Morgan fingerprint density at radius 3 is 2.22 bits per heavy atom. The second kappa shape index (κ2) is 2.88. The largest absolute Gasteiger partial charge is 0.122 e. The van der Waals surface area contributed by atoms with Crippen LogP contribution in [0.3, 0.4) is 0 Å².